The van der Waals surface area contributed by atoms with Crippen LogP contribution in [0.2, 0.25) is 0 Å². The first-order valence-electron chi connectivity index (χ1n) is 6.04. The van der Waals surface area contributed by atoms with E-state index in [-0.39, 0.29) is 5.97 Å². The zero-order valence-corrected chi connectivity index (χ0v) is 10.6. The Morgan fingerprint density at radius 2 is 1.76 bits per heavy atom. The number of allylic oxidation sites excluding steroid dienone is 1. The van der Waals surface area contributed by atoms with Crippen molar-refractivity contribution >= 4 is 11.5 Å². The quantitative estimate of drug-likeness (QED) is 0.586. The molecule has 0 atom stereocenters. The van der Waals surface area contributed by atoms with E-state index in [1.165, 1.54) is 18.2 Å². The Morgan fingerprint density at radius 3 is 2.18 bits per heavy atom. The lowest BCUT2D eigenvalue weighted by Crippen LogP contribution is -2.04. The summed E-state index contributed by atoms with van der Waals surface area (Å²) in [5, 5.41) is 0. The van der Waals surface area contributed by atoms with Crippen LogP contribution in [-0.4, -0.2) is 13.1 Å². The number of methoxy groups -OCH3 is 1. The van der Waals surface area contributed by atoms with Gasteiger partial charge in [0, 0.05) is 0 Å². The molecule has 0 amide bonds. The molecule has 0 radical (unpaired) electrons. The van der Waals surface area contributed by atoms with E-state index in [9.17, 15) is 4.79 Å². The number of hydrogen-bond donors (Lipinski definition) is 0. The van der Waals surface area contributed by atoms with Gasteiger partial charge < -0.3 is 4.74 Å². The Morgan fingerprint density at radius 1 is 1.18 bits per heavy atom. The zero-order valence-electron chi connectivity index (χ0n) is 10.6. The Labute approximate surface area is 102 Å². The maximum absolute atomic E-state index is 11.7. The van der Waals surface area contributed by atoms with E-state index < -0.39 is 0 Å². The zero-order chi connectivity index (χ0) is 12.4. The number of carbonyl (C=O) groups excluding carboxylic acids is 1. The highest BCUT2D eigenvalue weighted by molar-refractivity contribution is 6.18. The summed E-state index contributed by atoms with van der Waals surface area (Å²) in [6.07, 6.45) is 2.05. The van der Waals surface area contributed by atoms with Crippen molar-refractivity contribution in [3.05, 3.63) is 41.0 Å². The van der Waals surface area contributed by atoms with E-state index in [1.807, 2.05) is 12.1 Å². The monoisotopic (exact) mass is 230 g/mol. The van der Waals surface area contributed by atoms with Gasteiger partial charge in [0.1, 0.15) is 0 Å². The number of carbonyl (C=O) groups is 1. The van der Waals surface area contributed by atoms with E-state index in [2.05, 4.69) is 26.0 Å². The standard InChI is InChI=1S/C15H18O2/c1-10(2)11-4-6-12(7-5-11)14(13-8-9-13)15(16)17-3/h4-7,10H,8-9H2,1-3H3. The molecule has 0 saturated heterocycles. The average Bonchev–Trinajstić information content (AvgIpc) is 3.14. The summed E-state index contributed by atoms with van der Waals surface area (Å²) < 4.78 is 4.85. The fourth-order valence-electron chi connectivity index (χ4n) is 1.92. The van der Waals surface area contributed by atoms with Crippen molar-refractivity contribution in [2.24, 2.45) is 0 Å². The Hall–Kier alpha value is -1.57. The fourth-order valence-corrected chi connectivity index (χ4v) is 1.92. The second-order valence-corrected chi connectivity index (χ2v) is 4.75. The first-order valence-corrected chi connectivity index (χ1v) is 6.04. The van der Waals surface area contributed by atoms with Crippen molar-refractivity contribution in [1.82, 2.24) is 0 Å². The molecule has 0 heterocycles. The lowest BCUT2D eigenvalue weighted by Gasteiger charge is -2.08. The maximum Gasteiger partial charge on any atom is 0.338 e. The van der Waals surface area contributed by atoms with Crippen LogP contribution in [0.1, 0.15) is 43.7 Å². The summed E-state index contributed by atoms with van der Waals surface area (Å²) >= 11 is 0. The second-order valence-electron chi connectivity index (χ2n) is 4.75. The molecular formula is C15H18O2. The molecule has 1 saturated carbocycles. The van der Waals surface area contributed by atoms with Crippen molar-refractivity contribution in [2.75, 3.05) is 7.11 Å². The van der Waals surface area contributed by atoms with E-state index >= 15 is 0 Å². The summed E-state index contributed by atoms with van der Waals surface area (Å²) in [7, 11) is 1.44. The molecule has 1 fully saturated rings. The van der Waals surface area contributed by atoms with Crippen LogP contribution in [0.3, 0.4) is 0 Å². The minimum atomic E-state index is -0.213. The van der Waals surface area contributed by atoms with Gasteiger partial charge in [0.25, 0.3) is 0 Å². The molecule has 2 nitrogen and oxygen atoms in total. The van der Waals surface area contributed by atoms with Crippen molar-refractivity contribution in [3.8, 4) is 0 Å². The summed E-state index contributed by atoms with van der Waals surface area (Å²) in [6, 6.07) is 8.22. The third-order valence-corrected chi connectivity index (χ3v) is 3.11. The molecule has 2 rings (SSSR count). The number of hydrogen-bond acceptors (Lipinski definition) is 2. The minimum Gasteiger partial charge on any atom is -0.465 e. The molecule has 0 N–H and O–H groups in total. The molecule has 0 spiro atoms. The van der Waals surface area contributed by atoms with Gasteiger partial charge in [-0.1, -0.05) is 43.7 Å². The van der Waals surface area contributed by atoms with Gasteiger partial charge in [-0.3, -0.25) is 0 Å². The normalized spacial score (nSPS) is 13.8. The predicted octanol–water partition coefficient (Wildman–Crippen LogP) is 3.53. The maximum atomic E-state index is 11.7. The smallest absolute Gasteiger partial charge is 0.338 e. The van der Waals surface area contributed by atoms with Crippen LogP contribution in [0.15, 0.2) is 29.8 Å². The van der Waals surface area contributed by atoms with Gasteiger partial charge in [-0.25, -0.2) is 4.79 Å². The molecule has 1 aliphatic rings. The van der Waals surface area contributed by atoms with Gasteiger partial charge >= 0.3 is 5.97 Å². The molecule has 1 aromatic carbocycles. The highest BCUT2D eigenvalue weighted by Crippen LogP contribution is 2.37. The van der Waals surface area contributed by atoms with Crippen LogP contribution >= 0.6 is 0 Å². The van der Waals surface area contributed by atoms with Gasteiger partial charge in [0.15, 0.2) is 0 Å². The minimum absolute atomic E-state index is 0.213. The number of rotatable bonds is 3. The van der Waals surface area contributed by atoms with Crippen LogP contribution < -0.4 is 0 Å². The fraction of sp³-hybridized carbons (Fsp3) is 0.400. The van der Waals surface area contributed by atoms with Gasteiger partial charge in [-0.05, 0) is 29.9 Å². The molecule has 0 aliphatic heterocycles. The van der Waals surface area contributed by atoms with Crippen LogP contribution in [0, 0.1) is 0 Å². The van der Waals surface area contributed by atoms with E-state index in [4.69, 9.17) is 4.74 Å². The van der Waals surface area contributed by atoms with Crippen molar-refractivity contribution in [2.45, 2.75) is 32.6 Å². The molecule has 17 heavy (non-hydrogen) atoms. The molecular weight excluding hydrogens is 212 g/mol. The third-order valence-electron chi connectivity index (χ3n) is 3.11. The van der Waals surface area contributed by atoms with Crippen LogP contribution in [0.25, 0.3) is 5.57 Å². The molecule has 0 aromatic heterocycles. The molecule has 0 bridgehead atoms. The van der Waals surface area contributed by atoms with Gasteiger partial charge in [0.2, 0.25) is 0 Å². The number of ether oxygens (including phenoxy) is 1. The third kappa shape index (κ3) is 2.57. The Balaban J connectivity index is 2.33. The number of esters is 1. The topological polar surface area (TPSA) is 26.3 Å². The predicted molar refractivity (Wildman–Crippen MR) is 68.7 cm³/mol. The highest BCUT2D eigenvalue weighted by Gasteiger charge is 2.24. The van der Waals surface area contributed by atoms with Crippen LogP contribution in [0.4, 0.5) is 0 Å². The SMILES string of the molecule is COC(=O)C(=C1CC1)c1ccc(C(C)C)cc1. The van der Waals surface area contributed by atoms with Crippen molar-refractivity contribution < 1.29 is 9.53 Å². The largest absolute Gasteiger partial charge is 0.465 e. The van der Waals surface area contributed by atoms with Gasteiger partial charge in [-0.2, -0.15) is 0 Å². The summed E-state index contributed by atoms with van der Waals surface area (Å²) in [4.78, 5) is 11.7. The lowest BCUT2D eigenvalue weighted by atomic mass is 9.98. The van der Waals surface area contributed by atoms with E-state index in [0.717, 1.165) is 24.0 Å². The summed E-state index contributed by atoms with van der Waals surface area (Å²) in [5.74, 6) is 0.300. The highest BCUT2D eigenvalue weighted by atomic mass is 16.5. The molecule has 0 unspecified atom stereocenters. The van der Waals surface area contributed by atoms with Crippen molar-refractivity contribution in [3.63, 3.8) is 0 Å². The molecule has 2 heteroatoms. The second kappa shape index (κ2) is 4.74. The first kappa shape index (κ1) is 11.9. The molecule has 1 aromatic rings. The van der Waals surface area contributed by atoms with Crippen molar-refractivity contribution in [1.29, 1.82) is 0 Å². The first-order chi connectivity index (χ1) is 8.13. The molecule has 1 aliphatic carbocycles. The van der Waals surface area contributed by atoms with E-state index in [0.29, 0.717) is 5.92 Å². The summed E-state index contributed by atoms with van der Waals surface area (Å²) in [5.41, 5.74) is 4.25. The van der Waals surface area contributed by atoms with Crippen LogP contribution in [0.5, 0.6) is 0 Å². The summed E-state index contributed by atoms with van der Waals surface area (Å²) in [6.45, 7) is 4.32. The average molecular weight is 230 g/mol. The van der Waals surface area contributed by atoms with Crippen LogP contribution in [-0.2, 0) is 9.53 Å². The number of benzene rings is 1. The Kier molecular flexibility index (Phi) is 3.32. The Bertz CT molecular complexity index is 446. The molecule has 90 valence electrons. The van der Waals surface area contributed by atoms with Gasteiger partial charge in [-0.15, -0.1) is 0 Å². The van der Waals surface area contributed by atoms with E-state index in [1.54, 1.807) is 0 Å². The lowest BCUT2D eigenvalue weighted by molar-refractivity contribution is -0.133. The van der Waals surface area contributed by atoms with Gasteiger partial charge in [0.05, 0.1) is 12.7 Å².